The van der Waals surface area contributed by atoms with Gasteiger partial charge in [-0.1, -0.05) is 18.1 Å². The van der Waals surface area contributed by atoms with Crippen LogP contribution >= 0.6 is 0 Å². The van der Waals surface area contributed by atoms with Gasteiger partial charge in [0.25, 0.3) is 0 Å². The molecule has 0 amide bonds. The van der Waals surface area contributed by atoms with Crippen LogP contribution in [0.15, 0.2) is 54.9 Å². The second kappa shape index (κ2) is 4.98. The van der Waals surface area contributed by atoms with E-state index in [0.717, 1.165) is 17.8 Å². The molecular formula is C16H9F3N2. The van der Waals surface area contributed by atoms with Crippen LogP contribution in [0, 0.1) is 11.8 Å². The number of imidazole rings is 1. The zero-order valence-electron chi connectivity index (χ0n) is 10.7. The Labute approximate surface area is 118 Å². The minimum absolute atomic E-state index is 0.315. The Morgan fingerprint density at radius 2 is 1.86 bits per heavy atom. The number of alkyl halides is 3. The lowest BCUT2D eigenvalue weighted by Gasteiger charge is -2.05. The first kappa shape index (κ1) is 13.3. The highest BCUT2D eigenvalue weighted by atomic mass is 19.4. The van der Waals surface area contributed by atoms with Crippen molar-refractivity contribution in [3.05, 3.63) is 71.7 Å². The molecule has 2 heterocycles. The highest BCUT2D eigenvalue weighted by Crippen LogP contribution is 2.29. The van der Waals surface area contributed by atoms with Gasteiger partial charge in [0.05, 0.1) is 11.8 Å². The van der Waals surface area contributed by atoms with Crippen LogP contribution in [0.5, 0.6) is 0 Å². The summed E-state index contributed by atoms with van der Waals surface area (Å²) >= 11 is 0. The van der Waals surface area contributed by atoms with Gasteiger partial charge in [-0.25, -0.2) is 4.98 Å². The van der Waals surface area contributed by atoms with E-state index in [1.165, 1.54) is 6.07 Å². The molecule has 1 aromatic carbocycles. The van der Waals surface area contributed by atoms with E-state index < -0.39 is 11.7 Å². The van der Waals surface area contributed by atoms with Gasteiger partial charge in [0.2, 0.25) is 0 Å². The number of benzene rings is 1. The van der Waals surface area contributed by atoms with Crippen LogP contribution in [0.25, 0.3) is 5.65 Å². The van der Waals surface area contributed by atoms with Crippen LogP contribution in [-0.2, 0) is 6.18 Å². The van der Waals surface area contributed by atoms with Crippen molar-refractivity contribution in [3.63, 3.8) is 0 Å². The number of aromatic nitrogens is 2. The molecule has 0 spiro atoms. The lowest BCUT2D eigenvalue weighted by atomic mass is 10.1. The fourth-order valence-corrected chi connectivity index (χ4v) is 1.93. The first-order valence-corrected chi connectivity index (χ1v) is 6.15. The number of nitrogens with zero attached hydrogens (tertiary/aromatic N) is 2. The summed E-state index contributed by atoms with van der Waals surface area (Å²) in [6, 6.07) is 10.5. The standard InChI is InChI=1S/C16H9F3N2/c17-16(18,19)13-5-3-4-12(10-13)7-8-14-11-20-15-6-1-2-9-21(14)15/h1-6,9-11H. The molecule has 0 saturated heterocycles. The lowest BCUT2D eigenvalue weighted by Crippen LogP contribution is -2.04. The smallest absolute Gasteiger partial charge is 0.293 e. The molecule has 104 valence electrons. The average Bonchev–Trinajstić information content (AvgIpc) is 2.88. The van der Waals surface area contributed by atoms with Gasteiger partial charge < -0.3 is 0 Å². The first-order valence-electron chi connectivity index (χ1n) is 6.15. The molecule has 0 saturated carbocycles. The number of hydrogen-bond acceptors (Lipinski definition) is 1. The summed E-state index contributed by atoms with van der Waals surface area (Å²) in [4.78, 5) is 4.17. The van der Waals surface area contributed by atoms with Crippen molar-refractivity contribution in [2.45, 2.75) is 6.18 Å². The molecule has 21 heavy (non-hydrogen) atoms. The molecule has 2 nitrogen and oxygen atoms in total. The summed E-state index contributed by atoms with van der Waals surface area (Å²) in [6.07, 6.45) is -0.963. The quantitative estimate of drug-likeness (QED) is 0.575. The zero-order valence-corrected chi connectivity index (χ0v) is 10.7. The van der Waals surface area contributed by atoms with Crippen molar-refractivity contribution in [3.8, 4) is 11.8 Å². The number of pyridine rings is 1. The number of rotatable bonds is 0. The molecule has 5 heteroatoms. The SMILES string of the molecule is FC(F)(F)c1cccc(C#Cc2cnc3ccccn23)c1. The van der Waals surface area contributed by atoms with Crippen LogP contribution in [0.2, 0.25) is 0 Å². The van der Waals surface area contributed by atoms with Crippen LogP contribution in [0.3, 0.4) is 0 Å². The van der Waals surface area contributed by atoms with Crippen LogP contribution in [0.4, 0.5) is 13.2 Å². The van der Waals surface area contributed by atoms with E-state index in [1.807, 2.05) is 18.2 Å². The zero-order chi connectivity index (χ0) is 14.9. The van der Waals surface area contributed by atoms with Crippen LogP contribution in [0.1, 0.15) is 16.8 Å². The fourth-order valence-electron chi connectivity index (χ4n) is 1.93. The Morgan fingerprint density at radius 1 is 1.00 bits per heavy atom. The molecule has 0 aliphatic rings. The summed E-state index contributed by atoms with van der Waals surface area (Å²) < 4.78 is 39.7. The molecule has 3 aromatic rings. The van der Waals surface area contributed by atoms with E-state index in [-0.39, 0.29) is 0 Å². The molecule has 0 radical (unpaired) electrons. The Morgan fingerprint density at radius 3 is 2.67 bits per heavy atom. The van der Waals surface area contributed by atoms with E-state index in [9.17, 15) is 13.2 Å². The Kier molecular flexibility index (Phi) is 3.15. The minimum Gasteiger partial charge on any atom is -0.293 e. The Bertz CT molecular complexity index is 851. The van der Waals surface area contributed by atoms with Crippen molar-refractivity contribution in [2.24, 2.45) is 0 Å². The molecule has 0 aliphatic heterocycles. The normalized spacial score (nSPS) is 11.2. The predicted octanol–water partition coefficient (Wildman–Crippen LogP) is 3.75. The van der Waals surface area contributed by atoms with E-state index in [1.54, 1.807) is 22.9 Å². The van der Waals surface area contributed by atoms with E-state index in [2.05, 4.69) is 16.8 Å². The van der Waals surface area contributed by atoms with Gasteiger partial charge in [-0.2, -0.15) is 13.2 Å². The largest absolute Gasteiger partial charge is 0.416 e. The van der Waals surface area contributed by atoms with Gasteiger partial charge in [0, 0.05) is 11.8 Å². The van der Waals surface area contributed by atoms with E-state index >= 15 is 0 Å². The Hall–Kier alpha value is -2.74. The second-order valence-corrected chi connectivity index (χ2v) is 4.40. The third-order valence-electron chi connectivity index (χ3n) is 2.94. The van der Waals surface area contributed by atoms with Crippen LogP contribution < -0.4 is 0 Å². The maximum atomic E-state index is 12.6. The third-order valence-corrected chi connectivity index (χ3v) is 2.94. The molecule has 0 fully saturated rings. The highest BCUT2D eigenvalue weighted by Gasteiger charge is 2.30. The summed E-state index contributed by atoms with van der Waals surface area (Å²) in [7, 11) is 0. The van der Waals surface area contributed by atoms with Crippen molar-refractivity contribution in [1.82, 2.24) is 9.38 Å². The molecule has 0 atom stereocenters. The van der Waals surface area contributed by atoms with Crippen molar-refractivity contribution >= 4 is 5.65 Å². The molecular weight excluding hydrogens is 277 g/mol. The van der Waals surface area contributed by atoms with Crippen molar-refractivity contribution < 1.29 is 13.2 Å². The maximum Gasteiger partial charge on any atom is 0.416 e. The monoisotopic (exact) mass is 286 g/mol. The van der Waals surface area contributed by atoms with Gasteiger partial charge in [-0.05, 0) is 36.3 Å². The topological polar surface area (TPSA) is 17.3 Å². The summed E-state index contributed by atoms with van der Waals surface area (Å²) in [5.41, 5.74) is 0.983. The number of hydrogen-bond donors (Lipinski definition) is 0. The Balaban J connectivity index is 1.98. The van der Waals surface area contributed by atoms with Gasteiger partial charge in [0.1, 0.15) is 11.3 Å². The summed E-state index contributed by atoms with van der Waals surface area (Å²) in [5, 5.41) is 0. The molecule has 0 unspecified atom stereocenters. The average molecular weight is 286 g/mol. The van der Waals surface area contributed by atoms with E-state index in [0.29, 0.717) is 11.3 Å². The molecule has 0 bridgehead atoms. The van der Waals surface area contributed by atoms with Gasteiger partial charge in [-0.15, -0.1) is 0 Å². The van der Waals surface area contributed by atoms with Gasteiger partial charge in [0.15, 0.2) is 0 Å². The van der Waals surface area contributed by atoms with E-state index in [4.69, 9.17) is 0 Å². The minimum atomic E-state index is -4.36. The fraction of sp³-hybridized carbons (Fsp3) is 0.0625. The highest BCUT2D eigenvalue weighted by molar-refractivity contribution is 5.47. The molecule has 2 aromatic heterocycles. The molecule has 0 N–H and O–H groups in total. The predicted molar refractivity (Wildman–Crippen MR) is 72.6 cm³/mol. The summed E-state index contributed by atoms with van der Waals surface area (Å²) in [5.74, 6) is 5.59. The second-order valence-electron chi connectivity index (χ2n) is 4.40. The maximum absolute atomic E-state index is 12.6. The number of fused-ring (bicyclic) bond motifs is 1. The van der Waals surface area contributed by atoms with Gasteiger partial charge in [-0.3, -0.25) is 4.40 Å². The molecule has 3 rings (SSSR count). The van der Waals surface area contributed by atoms with Gasteiger partial charge >= 0.3 is 6.18 Å². The van der Waals surface area contributed by atoms with Crippen molar-refractivity contribution in [1.29, 1.82) is 0 Å². The lowest BCUT2D eigenvalue weighted by molar-refractivity contribution is -0.137. The van der Waals surface area contributed by atoms with Crippen LogP contribution in [-0.4, -0.2) is 9.38 Å². The van der Waals surface area contributed by atoms with Crippen molar-refractivity contribution in [2.75, 3.05) is 0 Å². The molecule has 0 aliphatic carbocycles. The summed E-state index contributed by atoms with van der Waals surface area (Å²) in [6.45, 7) is 0. The third kappa shape index (κ3) is 2.75. The number of halogens is 3. The first-order chi connectivity index (χ1) is 10.0.